The predicted octanol–water partition coefficient (Wildman–Crippen LogP) is 4.02. The second-order valence-electron chi connectivity index (χ2n) is 5.32. The zero-order valence-corrected chi connectivity index (χ0v) is 15.2. The van der Waals surface area contributed by atoms with Gasteiger partial charge in [0.15, 0.2) is 4.34 Å². The van der Waals surface area contributed by atoms with Crippen LogP contribution in [0.2, 0.25) is 0 Å². The topological polar surface area (TPSA) is 51.2 Å². The Kier molecular flexibility index (Phi) is 5.37. The molecule has 1 heterocycles. The first-order valence-electron chi connectivity index (χ1n) is 7.54. The molecule has 0 saturated carbocycles. The van der Waals surface area contributed by atoms with Crippen LogP contribution in [0, 0.1) is 6.92 Å². The molecule has 0 atom stereocenters. The summed E-state index contributed by atoms with van der Waals surface area (Å²) in [7, 11) is 1.65. The molecule has 0 aliphatic rings. The lowest BCUT2D eigenvalue weighted by Crippen LogP contribution is -2.24. The number of aromatic nitrogens is 1. The van der Waals surface area contributed by atoms with Crippen molar-refractivity contribution < 1.29 is 9.53 Å². The molecule has 124 valence electrons. The standard InChI is InChI=1S/C18H18N2O2S2/c1-12-7-8-13(9-15(12)22-2)10-19-17(21)11-23-18-20-14-5-3-4-6-16(14)24-18/h3-9H,10-11H2,1-2H3,(H,19,21). The van der Waals surface area contributed by atoms with E-state index in [0.717, 1.165) is 31.4 Å². The summed E-state index contributed by atoms with van der Waals surface area (Å²) in [5, 5.41) is 2.94. The van der Waals surface area contributed by atoms with Crippen molar-refractivity contribution in [1.29, 1.82) is 0 Å². The summed E-state index contributed by atoms with van der Waals surface area (Å²) >= 11 is 3.09. The lowest BCUT2D eigenvalue weighted by molar-refractivity contribution is -0.118. The van der Waals surface area contributed by atoms with Gasteiger partial charge in [0.05, 0.1) is 23.1 Å². The fraction of sp³-hybridized carbons (Fsp3) is 0.222. The van der Waals surface area contributed by atoms with E-state index in [-0.39, 0.29) is 5.91 Å². The number of hydrogen-bond donors (Lipinski definition) is 1. The average molecular weight is 358 g/mol. The first-order chi connectivity index (χ1) is 11.7. The van der Waals surface area contributed by atoms with Gasteiger partial charge in [-0.3, -0.25) is 4.79 Å². The number of nitrogens with one attached hydrogen (secondary N) is 1. The number of ether oxygens (including phenoxy) is 1. The Balaban J connectivity index is 1.52. The number of para-hydroxylation sites is 1. The second-order valence-corrected chi connectivity index (χ2v) is 7.57. The third-order valence-corrected chi connectivity index (χ3v) is 5.74. The fourth-order valence-electron chi connectivity index (χ4n) is 2.27. The number of carbonyl (C=O) groups excluding carboxylic acids is 1. The van der Waals surface area contributed by atoms with Gasteiger partial charge in [0.2, 0.25) is 5.91 Å². The van der Waals surface area contributed by atoms with Crippen LogP contribution in [0.15, 0.2) is 46.8 Å². The van der Waals surface area contributed by atoms with Crippen LogP contribution in [0.5, 0.6) is 5.75 Å². The van der Waals surface area contributed by atoms with Gasteiger partial charge in [0.1, 0.15) is 5.75 Å². The summed E-state index contributed by atoms with van der Waals surface area (Å²) in [4.78, 5) is 16.6. The number of thiazole rings is 1. The summed E-state index contributed by atoms with van der Waals surface area (Å²) in [6.07, 6.45) is 0. The molecule has 3 rings (SSSR count). The van der Waals surface area contributed by atoms with E-state index >= 15 is 0 Å². The molecule has 0 saturated heterocycles. The van der Waals surface area contributed by atoms with E-state index in [1.54, 1.807) is 18.4 Å². The van der Waals surface area contributed by atoms with Crippen LogP contribution in [0.25, 0.3) is 10.2 Å². The van der Waals surface area contributed by atoms with Gasteiger partial charge in [-0.15, -0.1) is 11.3 Å². The number of benzene rings is 2. The van der Waals surface area contributed by atoms with Crippen LogP contribution in [-0.4, -0.2) is 23.8 Å². The third kappa shape index (κ3) is 4.07. The van der Waals surface area contributed by atoms with Crippen LogP contribution < -0.4 is 10.1 Å². The zero-order valence-electron chi connectivity index (χ0n) is 13.5. The molecule has 0 unspecified atom stereocenters. The smallest absolute Gasteiger partial charge is 0.230 e. The van der Waals surface area contributed by atoms with Crippen LogP contribution in [0.4, 0.5) is 0 Å². The Hall–Kier alpha value is -2.05. The van der Waals surface area contributed by atoms with E-state index in [0.29, 0.717) is 12.3 Å². The summed E-state index contributed by atoms with van der Waals surface area (Å²) in [6.45, 7) is 2.49. The molecule has 0 radical (unpaired) electrons. The molecule has 2 aromatic carbocycles. The minimum Gasteiger partial charge on any atom is -0.496 e. The number of fused-ring (bicyclic) bond motifs is 1. The minimum atomic E-state index is -0.00111. The number of carbonyl (C=O) groups is 1. The summed E-state index contributed by atoms with van der Waals surface area (Å²) in [6, 6.07) is 13.9. The Morgan fingerprint density at radius 3 is 2.92 bits per heavy atom. The number of methoxy groups -OCH3 is 1. The minimum absolute atomic E-state index is 0.00111. The van der Waals surface area contributed by atoms with Gasteiger partial charge in [0, 0.05) is 6.54 Å². The Labute approximate surface area is 149 Å². The van der Waals surface area contributed by atoms with Crippen molar-refractivity contribution in [3.05, 3.63) is 53.6 Å². The third-order valence-electron chi connectivity index (χ3n) is 3.56. The Bertz CT molecular complexity index is 828. The largest absolute Gasteiger partial charge is 0.496 e. The molecule has 0 bridgehead atoms. The molecule has 0 fully saturated rings. The van der Waals surface area contributed by atoms with Gasteiger partial charge in [-0.25, -0.2) is 4.98 Å². The summed E-state index contributed by atoms with van der Waals surface area (Å²) < 4.78 is 7.37. The van der Waals surface area contributed by atoms with Gasteiger partial charge in [-0.2, -0.15) is 0 Å². The Morgan fingerprint density at radius 2 is 2.12 bits per heavy atom. The predicted molar refractivity (Wildman–Crippen MR) is 99.9 cm³/mol. The number of amides is 1. The SMILES string of the molecule is COc1cc(CNC(=O)CSc2nc3ccccc3s2)ccc1C. The van der Waals surface area contributed by atoms with Crippen LogP contribution in [0.3, 0.4) is 0 Å². The van der Waals surface area contributed by atoms with Crippen molar-refractivity contribution in [3.63, 3.8) is 0 Å². The number of aryl methyl sites for hydroxylation is 1. The molecule has 6 heteroatoms. The second kappa shape index (κ2) is 7.68. The van der Waals surface area contributed by atoms with Crippen molar-refractivity contribution in [2.75, 3.05) is 12.9 Å². The highest BCUT2D eigenvalue weighted by Crippen LogP contribution is 2.29. The number of nitrogens with zero attached hydrogens (tertiary/aromatic N) is 1. The molecular formula is C18H18N2O2S2. The van der Waals surface area contributed by atoms with Crippen LogP contribution in [0.1, 0.15) is 11.1 Å². The van der Waals surface area contributed by atoms with Crippen molar-refractivity contribution in [3.8, 4) is 5.75 Å². The van der Waals surface area contributed by atoms with E-state index in [2.05, 4.69) is 10.3 Å². The quantitative estimate of drug-likeness (QED) is 0.676. The highest BCUT2D eigenvalue weighted by atomic mass is 32.2. The molecule has 1 N–H and O–H groups in total. The van der Waals surface area contributed by atoms with Gasteiger partial charge >= 0.3 is 0 Å². The maximum Gasteiger partial charge on any atom is 0.230 e. The molecule has 4 nitrogen and oxygen atoms in total. The average Bonchev–Trinajstić information content (AvgIpc) is 3.02. The van der Waals surface area contributed by atoms with Crippen LogP contribution in [-0.2, 0) is 11.3 Å². The van der Waals surface area contributed by atoms with Gasteiger partial charge < -0.3 is 10.1 Å². The summed E-state index contributed by atoms with van der Waals surface area (Å²) in [5.74, 6) is 1.20. The molecule has 24 heavy (non-hydrogen) atoms. The number of thioether (sulfide) groups is 1. The molecule has 1 aromatic heterocycles. The monoisotopic (exact) mass is 358 g/mol. The van der Waals surface area contributed by atoms with Gasteiger partial charge in [0.25, 0.3) is 0 Å². The van der Waals surface area contributed by atoms with Gasteiger partial charge in [-0.1, -0.05) is 36.0 Å². The highest BCUT2D eigenvalue weighted by Gasteiger charge is 2.08. The first-order valence-corrected chi connectivity index (χ1v) is 9.34. The molecular weight excluding hydrogens is 340 g/mol. The molecule has 1 amide bonds. The van der Waals surface area contributed by atoms with Crippen LogP contribution >= 0.6 is 23.1 Å². The van der Waals surface area contributed by atoms with E-state index in [1.807, 2.05) is 49.4 Å². The van der Waals surface area contributed by atoms with Gasteiger partial charge in [-0.05, 0) is 36.2 Å². The molecule has 0 aliphatic heterocycles. The van der Waals surface area contributed by atoms with E-state index in [1.165, 1.54) is 11.8 Å². The zero-order chi connectivity index (χ0) is 16.9. The Morgan fingerprint density at radius 1 is 1.29 bits per heavy atom. The van der Waals surface area contributed by atoms with E-state index in [9.17, 15) is 4.79 Å². The lowest BCUT2D eigenvalue weighted by atomic mass is 10.1. The molecule has 3 aromatic rings. The van der Waals surface area contributed by atoms with Crippen molar-refractivity contribution >= 4 is 39.2 Å². The van der Waals surface area contributed by atoms with E-state index < -0.39 is 0 Å². The fourth-order valence-corrected chi connectivity index (χ4v) is 4.16. The molecule has 0 aliphatic carbocycles. The van der Waals surface area contributed by atoms with E-state index in [4.69, 9.17) is 4.74 Å². The maximum absolute atomic E-state index is 12.0. The maximum atomic E-state index is 12.0. The summed E-state index contributed by atoms with van der Waals surface area (Å²) in [5.41, 5.74) is 3.09. The van der Waals surface area contributed by atoms with Crippen molar-refractivity contribution in [2.24, 2.45) is 0 Å². The number of rotatable bonds is 6. The normalized spacial score (nSPS) is 10.8. The lowest BCUT2D eigenvalue weighted by Gasteiger charge is -2.08. The highest BCUT2D eigenvalue weighted by molar-refractivity contribution is 8.01. The first kappa shape index (κ1) is 16.8. The molecule has 0 spiro atoms. The van der Waals surface area contributed by atoms with Crippen molar-refractivity contribution in [1.82, 2.24) is 10.3 Å². The van der Waals surface area contributed by atoms with Crippen molar-refractivity contribution in [2.45, 2.75) is 17.8 Å². The number of hydrogen-bond acceptors (Lipinski definition) is 5.